The molecule has 0 radical (unpaired) electrons. The number of aromatic nitrogens is 2. The van der Waals surface area contributed by atoms with E-state index in [1.165, 1.54) is 11.8 Å². The van der Waals surface area contributed by atoms with Crippen molar-refractivity contribution in [3.05, 3.63) is 70.0 Å². The van der Waals surface area contributed by atoms with Crippen molar-refractivity contribution < 1.29 is 4.74 Å². The quantitative estimate of drug-likeness (QED) is 0.491. The van der Waals surface area contributed by atoms with Gasteiger partial charge >= 0.3 is 0 Å². The molecule has 0 aliphatic rings. The topological polar surface area (TPSA) is 67.9 Å². The van der Waals surface area contributed by atoms with E-state index in [9.17, 15) is 4.79 Å². The lowest BCUT2D eigenvalue weighted by Gasteiger charge is -2.19. The van der Waals surface area contributed by atoms with Crippen molar-refractivity contribution in [3.8, 4) is 6.07 Å². The zero-order valence-corrected chi connectivity index (χ0v) is 15.5. The minimum Gasteiger partial charge on any atom is -0.383 e. The summed E-state index contributed by atoms with van der Waals surface area (Å²) in [4.78, 5) is 17.7. The van der Waals surface area contributed by atoms with Gasteiger partial charge < -0.3 is 4.74 Å². The van der Waals surface area contributed by atoms with E-state index in [2.05, 4.69) is 6.07 Å². The molecule has 0 saturated heterocycles. The third kappa shape index (κ3) is 3.79. The van der Waals surface area contributed by atoms with E-state index in [1.54, 1.807) is 23.8 Å². The maximum absolute atomic E-state index is 13.0. The molecule has 0 fully saturated rings. The second-order valence-electron chi connectivity index (χ2n) is 5.99. The largest absolute Gasteiger partial charge is 0.383 e. The Morgan fingerprint density at radius 3 is 2.85 bits per heavy atom. The third-order valence-electron chi connectivity index (χ3n) is 4.05. The number of ether oxygens (including phenoxy) is 1. The molecule has 26 heavy (non-hydrogen) atoms. The van der Waals surface area contributed by atoms with E-state index in [0.29, 0.717) is 34.0 Å². The Bertz CT molecular complexity index is 1020. The van der Waals surface area contributed by atoms with Gasteiger partial charge in [-0.15, -0.1) is 0 Å². The zero-order chi connectivity index (χ0) is 18.5. The SMILES string of the molecule is COCC(C)n1c(SCc2cccc(C#N)c2)nc2ccccc2c1=O. The smallest absolute Gasteiger partial charge is 0.262 e. The van der Waals surface area contributed by atoms with Crippen molar-refractivity contribution in [1.29, 1.82) is 5.26 Å². The lowest BCUT2D eigenvalue weighted by Crippen LogP contribution is -2.28. The van der Waals surface area contributed by atoms with Crippen molar-refractivity contribution in [2.45, 2.75) is 23.9 Å². The van der Waals surface area contributed by atoms with Crippen LogP contribution in [0.5, 0.6) is 0 Å². The van der Waals surface area contributed by atoms with Crippen molar-refractivity contribution in [2.75, 3.05) is 13.7 Å². The van der Waals surface area contributed by atoms with Gasteiger partial charge in [-0.1, -0.05) is 36.0 Å². The fourth-order valence-electron chi connectivity index (χ4n) is 2.81. The van der Waals surface area contributed by atoms with Crippen LogP contribution < -0.4 is 5.56 Å². The average molecular weight is 365 g/mol. The highest BCUT2D eigenvalue weighted by atomic mass is 32.2. The van der Waals surface area contributed by atoms with E-state index >= 15 is 0 Å². The van der Waals surface area contributed by atoms with Gasteiger partial charge in [-0.25, -0.2) is 4.98 Å². The molecule has 6 heteroatoms. The first-order valence-electron chi connectivity index (χ1n) is 8.26. The molecule has 0 aliphatic heterocycles. The van der Waals surface area contributed by atoms with Gasteiger partial charge in [-0.2, -0.15) is 5.26 Å². The molecule has 1 aromatic heterocycles. The van der Waals surface area contributed by atoms with Gasteiger partial charge in [-0.3, -0.25) is 9.36 Å². The number of thioether (sulfide) groups is 1. The first-order chi connectivity index (χ1) is 12.6. The van der Waals surface area contributed by atoms with Crippen LogP contribution in [0.25, 0.3) is 10.9 Å². The van der Waals surface area contributed by atoms with E-state index in [-0.39, 0.29) is 11.6 Å². The molecule has 0 saturated carbocycles. The zero-order valence-electron chi connectivity index (χ0n) is 14.7. The Balaban J connectivity index is 2.01. The summed E-state index contributed by atoms with van der Waals surface area (Å²) in [7, 11) is 1.62. The number of nitriles is 1. The lowest BCUT2D eigenvalue weighted by molar-refractivity contribution is 0.156. The van der Waals surface area contributed by atoms with Crippen LogP contribution in [0.4, 0.5) is 0 Å². The molecule has 3 rings (SSSR count). The van der Waals surface area contributed by atoms with Gasteiger partial charge in [0, 0.05) is 12.9 Å². The highest BCUT2D eigenvalue weighted by Crippen LogP contribution is 2.25. The van der Waals surface area contributed by atoms with Crippen molar-refractivity contribution >= 4 is 22.7 Å². The first-order valence-corrected chi connectivity index (χ1v) is 9.24. The van der Waals surface area contributed by atoms with Crippen LogP contribution in [0.15, 0.2) is 58.5 Å². The monoisotopic (exact) mass is 365 g/mol. The molecule has 1 unspecified atom stereocenters. The maximum atomic E-state index is 13.0. The van der Waals surface area contributed by atoms with Gasteiger partial charge in [0.25, 0.3) is 5.56 Å². The molecule has 3 aromatic rings. The summed E-state index contributed by atoms with van der Waals surface area (Å²) in [5.74, 6) is 0.625. The summed E-state index contributed by atoms with van der Waals surface area (Å²) < 4.78 is 6.94. The molecule has 0 N–H and O–H groups in total. The summed E-state index contributed by atoms with van der Waals surface area (Å²) in [5.41, 5.74) is 2.27. The number of nitrogens with zero attached hydrogens (tertiary/aromatic N) is 3. The lowest BCUT2D eigenvalue weighted by atomic mass is 10.2. The van der Waals surface area contributed by atoms with E-state index in [4.69, 9.17) is 15.0 Å². The minimum atomic E-state index is -0.127. The molecule has 0 aliphatic carbocycles. The minimum absolute atomic E-state index is 0.0616. The number of para-hydroxylation sites is 1. The summed E-state index contributed by atoms with van der Waals surface area (Å²) >= 11 is 1.49. The van der Waals surface area contributed by atoms with Crippen molar-refractivity contribution in [3.63, 3.8) is 0 Å². The molecule has 5 nitrogen and oxygen atoms in total. The Labute approximate surface area is 156 Å². The highest BCUT2D eigenvalue weighted by Gasteiger charge is 2.16. The molecule has 2 aromatic carbocycles. The van der Waals surface area contributed by atoms with Gasteiger partial charge in [-0.05, 0) is 36.8 Å². The second-order valence-corrected chi connectivity index (χ2v) is 6.93. The highest BCUT2D eigenvalue weighted by molar-refractivity contribution is 7.98. The standard InChI is InChI=1S/C20H19N3O2S/c1-14(12-25-2)23-19(24)17-8-3-4-9-18(17)22-20(23)26-13-16-7-5-6-15(10-16)11-21/h3-10,14H,12-13H2,1-2H3. The Morgan fingerprint density at radius 1 is 1.27 bits per heavy atom. The summed E-state index contributed by atoms with van der Waals surface area (Å²) in [6.45, 7) is 2.37. The van der Waals surface area contributed by atoms with Crippen LogP contribution in [0.3, 0.4) is 0 Å². The van der Waals surface area contributed by atoms with Gasteiger partial charge in [0.1, 0.15) is 0 Å². The van der Waals surface area contributed by atoms with E-state index < -0.39 is 0 Å². The summed E-state index contributed by atoms with van der Waals surface area (Å²) in [6, 6.07) is 16.9. The summed E-state index contributed by atoms with van der Waals surface area (Å²) in [6.07, 6.45) is 0. The van der Waals surface area contributed by atoms with Gasteiger partial charge in [0.15, 0.2) is 5.16 Å². The normalized spacial score (nSPS) is 12.0. The molecule has 0 amide bonds. The predicted molar refractivity (Wildman–Crippen MR) is 103 cm³/mol. The Hall–Kier alpha value is -2.62. The predicted octanol–water partition coefficient (Wildman–Crippen LogP) is 3.77. The Kier molecular flexibility index (Phi) is 5.71. The fourth-order valence-corrected chi connectivity index (χ4v) is 3.85. The summed E-state index contributed by atoms with van der Waals surface area (Å²) in [5, 5.41) is 10.3. The average Bonchev–Trinajstić information content (AvgIpc) is 2.66. The maximum Gasteiger partial charge on any atom is 0.262 e. The molecule has 132 valence electrons. The fraction of sp³-hybridized carbons (Fsp3) is 0.250. The van der Waals surface area contributed by atoms with Crippen LogP contribution in [0, 0.1) is 11.3 Å². The molecule has 0 bridgehead atoms. The molecule has 0 spiro atoms. The Morgan fingerprint density at radius 2 is 2.08 bits per heavy atom. The van der Waals surface area contributed by atoms with Crippen LogP contribution in [-0.2, 0) is 10.5 Å². The number of rotatable bonds is 6. The number of hydrogen-bond donors (Lipinski definition) is 0. The van der Waals surface area contributed by atoms with Crippen molar-refractivity contribution in [2.24, 2.45) is 0 Å². The second kappa shape index (κ2) is 8.17. The van der Waals surface area contributed by atoms with Crippen LogP contribution in [-0.4, -0.2) is 23.3 Å². The first kappa shape index (κ1) is 18.2. The third-order valence-corrected chi connectivity index (χ3v) is 5.07. The van der Waals surface area contributed by atoms with Crippen LogP contribution in [0.1, 0.15) is 24.1 Å². The molecule has 1 heterocycles. The number of methoxy groups -OCH3 is 1. The molecular formula is C20H19N3O2S. The van der Waals surface area contributed by atoms with E-state index in [1.807, 2.05) is 43.3 Å². The van der Waals surface area contributed by atoms with Crippen molar-refractivity contribution in [1.82, 2.24) is 9.55 Å². The van der Waals surface area contributed by atoms with Gasteiger partial charge in [0.05, 0.1) is 35.2 Å². The number of benzene rings is 2. The van der Waals surface area contributed by atoms with E-state index in [0.717, 1.165) is 5.56 Å². The molecular weight excluding hydrogens is 346 g/mol. The van der Waals surface area contributed by atoms with Crippen LogP contribution >= 0.6 is 11.8 Å². The number of hydrogen-bond acceptors (Lipinski definition) is 5. The van der Waals surface area contributed by atoms with Crippen LogP contribution in [0.2, 0.25) is 0 Å². The molecule has 1 atom stereocenters. The number of fused-ring (bicyclic) bond motifs is 1. The van der Waals surface area contributed by atoms with Gasteiger partial charge in [0.2, 0.25) is 0 Å².